The summed E-state index contributed by atoms with van der Waals surface area (Å²) in [4.78, 5) is 44.0. The zero-order valence-electron chi connectivity index (χ0n) is 24.2. The van der Waals surface area contributed by atoms with E-state index in [-0.39, 0.29) is 23.8 Å². The van der Waals surface area contributed by atoms with Gasteiger partial charge in [-0.1, -0.05) is 39.3 Å². The number of benzene rings is 1. The highest BCUT2D eigenvalue weighted by atomic mass is 16.5. The largest absolute Gasteiger partial charge is 0.465 e. The number of unbranched alkanes of at least 4 members (excludes halogenated alkanes) is 1. The number of methoxy groups -OCH3 is 1. The summed E-state index contributed by atoms with van der Waals surface area (Å²) < 4.78 is 5.00. The molecule has 2 saturated heterocycles. The molecule has 2 aliphatic rings. The van der Waals surface area contributed by atoms with Crippen molar-refractivity contribution in [3.05, 3.63) is 52.3 Å². The molecule has 1 aromatic carbocycles. The Morgan fingerprint density at radius 3 is 2.36 bits per heavy atom. The molecular weight excluding hydrogens is 494 g/mol. The number of piperazine rings is 1. The number of H-pyrrole nitrogens is 1. The van der Waals surface area contributed by atoms with Gasteiger partial charge in [0, 0.05) is 31.4 Å². The average Bonchev–Trinajstić information content (AvgIpc) is 3.42. The number of rotatable bonds is 9. The normalized spacial score (nSPS) is 20.4. The standard InChI is InChI=1S/C30H43N5O4/c1-7-8-11-35-27(36)24(14-19(2)3)33-29(38)30(35)9-12-34(13-10-30)26(23-17-31-32-18-23)22-15-20(4)25(21(5)16-22)28(37)39-6/h15-19,24,26H,7-14H2,1-6H3,(H,31,32)(H,33,38)/t24-,26?/m0/s1. The number of carbonyl (C=O) groups excluding carboxylic acids is 3. The summed E-state index contributed by atoms with van der Waals surface area (Å²) in [5.74, 6) is 0.0161. The summed E-state index contributed by atoms with van der Waals surface area (Å²) in [6.45, 7) is 12.0. The fraction of sp³-hybridized carbons (Fsp3) is 0.600. The van der Waals surface area contributed by atoms with Gasteiger partial charge >= 0.3 is 5.97 Å². The molecule has 1 unspecified atom stereocenters. The van der Waals surface area contributed by atoms with E-state index in [9.17, 15) is 14.4 Å². The van der Waals surface area contributed by atoms with Gasteiger partial charge in [-0.15, -0.1) is 0 Å². The highest BCUT2D eigenvalue weighted by molar-refractivity contribution is 6.00. The molecule has 0 radical (unpaired) electrons. The predicted molar refractivity (Wildman–Crippen MR) is 149 cm³/mol. The molecule has 2 atom stereocenters. The number of hydrogen-bond donors (Lipinski definition) is 2. The Hall–Kier alpha value is -3.20. The highest BCUT2D eigenvalue weighted by Gasteiger charge is 2.53. The van der Waals surface area contributed by atoms with Gasteiger partial charge in [0.05, 0.1) is 24.9 Å². The van der Waals surface area contributed by atoms with Gasteiger partial charge < -0.3 is 15.0 Å². The third kappa shape index (κ3) is 5.60. The number of piperidine rings is 1. The van der Waals surface area contributed by atoms with Crippen molar-refractivity contribution >= 4 is 17.8 Å². The smallest absolute Gasteiger partial charge is 0.338 e. The predicted octanol–water partition coefficient (Wildman–Crippen LogP) is 3.91. The van der Waals surface area contributed by atoms with Crippen LogP contribution in [0.15, 0.2) is 24.5 Å². The maximum Gasteiger partial charge on any atom is 0.338 e. The first-order chi connectivity index (χ1) is 18.6. The van der Waals surface area contributed by atoms with Crippen LogP contribution in [-0.2, 0) is 14.3 Å². The van der Waals surface area contributed by atoms with Crippen LogP contribution in [0.5, 0.6) is 0 Å². The summed E-state index contributed by atoms with van der Waals surface area (Å²) in [6, 6.07) is 3.53. The molecule has 0 bridgehead atoms. The van der Waals surface area contributed by atoms with Crippen molar-refractivity contribution in [1.82, 2.24) is 25.3 Å². The Morgan fingerprint density at radius 1 is 1.15 bits per heavy atom. The van der Waals surface area contributed by atoms with E-state index >= 15 is 0 Å². The lowest BCUT2D eigenvalue weighted by Gasteiger charge is -2.52. The topological polar surface area (TPSA) is 108 Å². The number of ether oxygens (including phenoxy) is 1. The molecule has 1 spiro atoms. The van der Waals surface area contributed by atoms with Gasteiger partial charge in [0.1, 0.15) is 11.6 Å². The Labute approximate surface area is 231 Å². The van der Waals surface area contributed by atoms with Gasteiger partial charge in [-0.3, -0.25) is 19.6 Å². The van der Waals surface area contributed by atoms with Crippen LogP contribution in [0.4, 0.5) is 0 Å². The van der Waals surface area contributed by atoms with Crippen LogP contribution in [0.3, 0.4) is 0 Å². The molecule has 2 aliphatic heterocycles. The molecule has 2 N–H and O–H groups in total. The van der Waals surface area contributed by atoms with E-state index in [4.69, 9.17) is 4.74 Å². The number of aryl methyl sites for hydroxylation is 2. The fourth-order valence-corrected chi connectivity index (χ4v) is 6.40. The Morgan fingerprint density at radius 2 is 1.82 bits per heavy atom. The van der Waals surface area contributed by atoms with Crippen LogP contribution in [0.2, 0.25) is 0 Å². The van der Waals surface area contributed by atoms with Gasteiger partial charge in [0.15, 0.2) is 0 Å². The molecular formula is C30H43N5O4. The van der Waals surface area contributed by atoms with E-state index in [1.807, 2.05) is 43.3 Å². The summed E-state index contributed by atoms with van der Waals surface area (Å²) in [6.07, 6.45) is 7.35. The number of likely N-dealkylation sites (tertiary alicyclic amines) is 1. The highest BCUT2D eigenvalue weighted by Crippen LogP contribution is 2.39. The number of aromatic amines is 1. The van der Waals surface area contributed by atoms with Gasteiger partial charge in [0.25, 0.3) is 0 Å². The number of hydrogen-bond acceptors (Lipinski definition) is 6. The first-order valence-electron chi connectivity index (χ1n) is 14.2. The molecule has 2 amide bonds. The maximum atomic E-state index is 13.7. The second-order valence-corrected chi connectivity index (χ2v) is 11.5. The Bertz CT molecular complexity index is 1160. The zero-order chi connectivity index (χ0) is 28.3. The van der Waals surface area contributed by atoms with Crippen molar-refractivity contribution in [2.45, 2.75) is 84.3 Å². The van der Waals surface area contributed by atoms with Crippen LogP contribution in [0, 0.1) is 19.8 Å². The Kier molecular flexibility index (Phi) is 8.79. The van der Waals surface area contributed by atoms with Crippen LogP contribution >= 0.6 is 0 Å². The van der Waals surface area contributed by atoms with Gasteiger partial charge in [0.2, 0.25) is 11.8 Å². The minimum Gasteiger partial charge on any atom is -0.465 e. The molecule has 2 fully saturated rings. The minimum atomic E-state index is -0.822. The SMILES string of the molecule is CCCCN1C(=O)[C@H](CC(C)C)NC(=O)C12CCN(C(c1cn[nH]c1)c1cc(C)c(C(=O)OC)c(C)c1)CC2. The lowest BCUT2D eigenvalue weighted by molar-refractivity contribution is -0.162. The van der Waals surface area contributed by atoms with Gasteiger partial charge in [-0.05, 0) is 62.1 Å². The molecule has 9 heteroatoms. The number of nitrogens with one attached hydrogen (secondary N) is 2. The second kappa shape index (κ2) is 11.9. The van der Waals surface area contributed by atoms with Crippen molar-refractivity contribution < 1.29 is 19.1 Å². The number of esters is 1. The third-order valence-electron chi connectivity index (χ3n) is 8.34. The first kappa shape index (κ1) is 28.8. The number of nitrogens with zero attached hydrogens (tertiary/aromatic N) is 3. The molecule has 39 heavy (non-hydrogen) atoms. The quantitative estimate of drug-likeness (QED) is 0.470. The lowest BCUT2D eigenvalue weighted by atomic mass is 9.79. The van der Waals surface area contributed by atoms with E-state index < -0.39 is 11.6 Å². The van der Waals surface area contributed by atoms with Crippen molar-refractivity contribution in [2.24, 2.45) is 5.92 Å². The van der Waals surface area contributed by atoms with Gasteiger partial charge in [-0.25, -0.2) is 4.79 Å². The van der Waals surface area contributed by atoms with E-state index in [2.05, 4.69) is 41.2 Å². The van der Waals surface area contributed by atoms with Crippen molar-refractivity contribution in [2.75, 3.05) is 26.7 Å². The molecule has 1 aromatic heterocycles. The van der Waals surface area contributed by atoms with Crippen LogP contribution in [-0.4, -0.2) is 76.1 Å². The molecule has 9 nitrogen and oxygen atoms in total. The monoisotopic (exact) mass is 537 g/mol. The van der Waals surface area contributed by atoms with Crippen LogP contribution in [0.1, 0.15) is 91.5 Å². The minimum absolute atomic E-state index is 0.0162. The van der Waals surface area contributed by atoms with Crippen molar-refractivity contribution in [1.29, 1.82) is 0 Å². The van der Waals surface area contributed by atoms with Crippen LogP contribution < -0.4 is 5.32 Å². The molecule has 3 heterocycles. The molecule has 0 aliphatic carbocycles. The fourth-order valence-electron chi connectivity index (χ4n) is 6.40. The lowest BCUT2D eigenvalue weighted by Crippen LogP contribution is -2.73. The Balaban J connectivity index is 1.64. The zero-order valence-corrected chi connectivity index (χ0v) is 24.2. The van der Waals surface area contributed by atoms with E-state index in [0.29, 0.717) is 50.4 Å². The number of aromatic nitrogens is 2. The van der Waals surface area contributed by atoms with Crippen molar-refractivity contribution in [3.8, 4) is 0 Å². The van der Waals surface area contributed by atoms with Crippen molar-refractivity contribution in [3.63, 3.8) is 0 Å². The molecule has 0 saturated carbocycles. The summed E-state index contributed by atoms with van der Waals surface area (Å²) >= 11 is 0. The maximum absolute atomic E-state index is 13.7. The van der Waals surface area contributed by atoms with Gasteiger partial charge in [-0.2, -0.15) is 5.10 Å². The van der Waals surface area contributed by atoms with E-state index in [1.165, 1.54) is 7.11 Å². The molecule has 4 rings (SSSR count). The summed E-state index contributed by atoms with van der Waals surface area (Å²) in [5.41, 5.74) is 3.55. The number of amides is 2. The second-order valence-electron chi connectivity index (χ2n) is 11.5. The average molecular weight is 538 g/mol. The first-order valence-corrected chi connectivity index (χ1v) is 14.2. The van der Waals surface area contributed by atoms with E-state index in [1.54, 1.807) is 0 Å². The van der Waals surface area contributed by atoms with E-state index in [0.717, 1.165) is 35.1 Å². The third-order valence-corrected chi connectivity index (χ3v) is 8.34. The summed E-state index contributed by atoms with van der Waals surface area (Å²) in [5, 5.41) is 10.2. The molecule has 2 aromatic rings. The summed E-state index contributed by atoms with van der Waals surface area (Å²) in [7, 11) is 1.40. The van der Waals surface area contributed by atoms with Crippen LogP contribution in [0.25, 0.3) is 0 Å². The molecule has 212 valence electrons. The number of carbonyl (C=O) groups is 3.